The van der Waals surface area contributed by atoms with Crippen molar-refractivity contribution in [3.8, 4) is 5.75 Å². The molecule has 3 rings (SSSR count). The Bertz CT molecular complexity index is 932. The van der Waals surface area contributed by atoms with Crippen molar-refractivity contribution in [2.75, 3.05) is 5.32 Å². The second kappa shape index (κ2) is 8.59. The number of benzene rings is 1. The van der Waals surface area contributed by atoms with Crippen molar-refractivity contribution in [1.82, 2.24) is 9.97 Å². The van der Waals surface area contributed by atoms with Gasteiger partial charge in [0.15, 0.2) is 0 Å². The van der Waals surface area contributed by atoms with Crippen LogP contribution in [0, 0.1) is 0 Å². The van der Waals surface area contributed by atoms with Crippen molar-refractivity contribution in [2.45, 2.75) is 12.8 Å². The summed E-state index contributed by atoms with van der Waals surface area (Å²) < 4.78 is 5.67. The lowest BCUT2D eigenvalue weighted by Gasteiger charge is -2.10. The van der Waals surface area contributed by atoms with E-state index >= 15 is 0 Å². The molecule has 1 aromatic carbocycles. The molecule has 0 saturated heterocycles. The number of aromatic nitrogens is 2. The molecule has 138 valence electrons. The fraction of sp³-hybridized carbons (Fsp3) is 0.105. The van der Waals surface area contributed by atoms with Crippen LogP contribution in [0.4, 0.5) is 5.69 Å². The molecule has 1 atom stereocenters. The molecule has 1 unspecified atom stereocenters. The minimum absolute atomic E-state index is 0.262. The number of nitrogens with zero attached hydrogens (tertiary/aromatic N) is 2. The second-order valence-corrected chi connectivity index (χ2v) is 6.10. The van der Waals surface area contributed by atoms with E-state index < -0.39 is 6.23 Å². The van der Waals surface area contributed by atoms with E-state index in [0.29, 0.717) is 27.7 Å². The van der Waals surface area contributed by atoms with E-state index in [0.717, 1.165) is 5.56 Å². The van der Waals surface area contributed by atoms with Crippen LogP contribution < -0.4 is 15.8 Å². The number of carbonyl (C=O) groups excluding carboxylic acids is 1. The van der Waals surface area contributed by atoms with Crippen LogP contribution in [0.2, 0.25) is 5.15 Å². The van der Waals surface area contributed by atoms with Gasteiger partial charge in [-0.25, -0.2) is 4.98 Å². The fourth-order valence-corrected chi connectivity index (χ4v) is 2.41. The highest BCUT2D eigenvalue weighted by atomic mass is 35.5. The van der Waals surface area contributed by atoms with Gasteiger partial charge >= 0.3 is 0 Å². The van der Waals surface area contributed by atoms with E-state index in [1.807, 2.05) is 12.1 Å². The molecule has 0 aliphatic heterocycles. The minimum Gasteiger partial charge on any atom is -0.487 e. The van der Waals surface area contributed by atoms with Crippen molar-refractivity contribution in [2.24, 2.45) is 5.73 Å². The van der Waals surface area contributed by atoms with Crippen molar-refractivity contribution < 1.29 is 14.6 Å². The molecule has 0 aliphatic carbocycles. The zero-order valence-corrected chi connectivity index (χ0v) is 14.9. The number of amides is 1. The number of aliphatic hydroxyl groups is 1. The molecule has 4 N–H and O–H groups in total. The van der Waals surface area contributed by atoms with Gasteiger partial charge in [-0.1, -0.05) is 23.7 Å². The summed E-state index contributed by atoms with van der Waals surface area (Å²) in [4.78, 5) is 20.1. The SMILES string of the molecule is NC(O)c1cncc(OCc2cccc(NC(=O)c3ccc(Cl)nc3)c2)c1. The third-order valence-corrected chi connectivity index (χ3v) is 3.88. The minimum atomic E-state index is -1.11. The molecular weight excluding hydrogens is 368 g/mol. The van der Waals surface area contributed by atoms with Gasteiger partial charge in [-0.3, -0.25) is 9.78 Å². The number of halogens is 1. The Morgan fingerprint density at radius 2 is 2.07 bits per heavy atom. The number of hydrogen-bond acceptors (Lipinski definition) is 6. The third-order valence-electron chi connectivity index (χ3n) is 3.66. The van der Waals surface area contributed by atoms with E-state index in [1.165, 1.54) is 18.6 Å². The Morgan fingerprint density at radius 3 is 2.81 bits per heavy atom. The Kier molecular flexibility index (Phi) is 5.97. The third kappa shape index (κ3) is 5.24. The molecule has 27 heavy (non-hydrogen) atoms. The highest BCUT2D eigenvalue weighted by Gasteiger charge is 2.08. The first-order valence-corrected chi connectivity index (χ1v) is 8.42. The van der Waals surface area contributed by atoms with E-state index in [9.17, 15) is 9.90 Å². The molecule has 3 aromatic rings. The highest BCUT2D eigenvalue weighted by molar-refractivity contribution is 6.29. The van der Waals surface area contributed by atoms with E-state index in [4.69, 9.17) is 22.1 Å². The van der Waals surface area contributed by atoms with Crippen LogP contribution in [0.3, 0.4) is 0 Å². The summed E-state index contributed by atoms with van der Waals surface area (Å²) >= 11 is 5.73. The molecule has 0 spiro atoms. The Morgan fingerprint density at radius 1 is 1.22 bits per heavy atom. The van der Waals surface area contributed by atoms with Gasteiger partial charge in [-0.15, -0.1) is 0 Å². The molecule has 2 heterocycles. The van der Waals surface area contributed by atoms with Crippen LogP contribution in [-0.4, -0.2) is 21.0 Å². The second-order valence-electron chi connectivity index (χ2n) is 5.71. The average molecular weight is 385 g/mol. The molecule has 8 heteroatoms. The molecule has 0 radical (unpaired) electrons. The molecule has 0 fully saturated rings. The first-order valence-electron chi connectivity index (χ1n) is 8.04. The summed E-state index contributed by atoms with van der Waals surface area (Å²) in [5, 5.41) is 12.5. The monoisotopic (exact) mass is 384 g/mol. The maximum atomic E-state index is 12.2. The van der Waals surface area contributed by atoms with Crippen molar-refractivity contribution in [3.63, 3.8) is 0 Å². The quantitative estimate of drug-likeness (QED) is 0.445. The number of anilines is 1. The van der Waals surface area contributed by atoms with Gasteiger partial charge in [-0.2, -0.15) is 0 Å². The van der Waals surface area contributed by atoms with Gasteiger partial charge in [0.1, 0.15) is 23.7 Å². The summed E-state index contributed by atoms with van der Waals surface area (Å²) in [5.74, 6) is 0.199. The normalized spacial score (nSPS) is 11.7. The molecule has 0 aliphatic rings. The summed E-state index contributed by atoms with van der Waals surface area (Å²) in [7, 11) is 0. The predicted octanol–water partition coefficient (Wildman–Crippen LogP) is 2.91. The van der Waals surface area contributed by atoms with E-state index in [1.54, 1.807) is 30.3 Å². The van der Waals surface area contributed by atoms with Gasteiger partial charge in [0.2, 0.25) is 0 Å². The molecule has 0 saturated carbocycles. The lowest BCUT2D eigenvalue weighted by atomic mass is 10.2. The van der Waals surface area contributed by atoms with Crippen LogP contribution in [0.1, 0.15) is 27.7 Å². The Hall–Kier alpha value is -3.00. The fourth-order valence-electron chi connectivity index (χ4n) is 2.30. The smallest absolute Gasteiger partial charge is 0.257 e. The van der Waals surface area contributed by atoms with Gasteiger partial charge in [0.25, 0.3) is 5.91 Å². The number of rotatable bonds is 6. The number of nitrogens with two attached hydrogens (primary N) is 1. The number of aliphatic hydroxyl groups excluding tert-OH is 1. The van der Waals surface area contributed by atoms with Gasteiger partial charge < -0.3 is 20.9 Å². The lowest BCUT2D eigenvalue weighted by Crippen LogP contribution is -2.12. The van der Waals surface area contributed by atoms with Crippen LogP contribution in [0.15, 0.2) is 61.1 Å². The number of ether oxygens (including phenoxy) is 1. The molecule has 1 amide bonds. The van der Waals surface area contributed by atoms with Crippen molar-refractivity contribution >= 4 is 23.2 Å². The summed E-state index contributed by atoms with van der Waals surface area (Å²) in [6.07, 6.45) is 3.31. The van der Waals surface area contributed by atoms with Crippen LogP contribution >= 0.6 is 11.6 Å². The van der Waals surface area contributed by atoms with Crippen LogP contribution in [-0.2, 0) is 6.61 Å². The van der Waals surface area contributed by atoms with E-state index in [2.05, 4.69) is 15.3 Å². The number of nitrogens with one attached hydrogen (secondary N) is 1. The van der Waals surface area contributed by atoms with Gasteiger partial charge in [0.05, 0.1) is 11.8 Å². The average Bonchev–Trinajstić information content (AvgIpc) is 2.67. The molecule has 0 bridgehead atoms. The summed E-state index contributed by atoms with van der Waals surface area (Å²) in [6, 6.07) is 12.0. The summed E-state index contributed by atoms with van der Waals surface area (Å²) in [5.41, 5.74) is 7.76. The first kappa shape index (κ1) is 18.8. The first-order chi connectivity index (χ1) is 13.0. The maximum Gasteiger partial charge on any atom is 0.257 e. The van der Waals surface area contributed by atoms with Crippen LogP contribution in [0.5, 0.6) is 5.75 Å². The topological polar surface area (TPSA) is 110 Å². The Labute approximate surface area is 160 Å². The number of carbonyl (C=O) groups is 1. The summed E-state index contributed by atoms with van der Waals surface area (Å²) in [6.45, 7) is 0.262. The van der Waals surface area contributed by atoms with E-state index in [-0.39, 0.29) is 12.5 Å². The Balaban J connectivity index is 1.64. The zero-order valence-electron chi connectivity index (χ0n) is 14.2. The van der Waals surface area contributed by atoms with Crippen LogP contribution in [0.25, 0.3) is 0 Å². The molecular formula is C19H17ClN4O3. The molecule has 7 nitrogen and oxygen atoms in total. The maximum absolute atomic E-state index is 12.2. The van der Waals surface area contributed by atoms with Crippen molar-refractivity contribution in [3.05, 3.63) is 82.9 Å². The van der Waals surface area contributed by atoms with Gasteiger partial charge in [-0.05, 0) is 35.9 Å². The largest absolute Gasteiger partial charge is 0.487 e. The van der Waals surface area contributed by atoms with Gasteiger partial charge in [0, 0.05) is 23.6 Å². The predicted molar refractivity (Wildman–Crippen MR) is 101 cm³/mol. The van der Waals surface area contributed by atoms with Crippen molar-refractivity contribution in [1.29, 1.82) is 0 Å². The molecule has 2 aromatic heterocycles. The zero-order chi connectivity index (χ0) is 19.2. The number of pyridine rings is 2. The standard InChI is InChI=1S/C19H17ClN4O3/c20-17-5-4-13(9-23-17)19(26)24-15-3-1-2-12(6-15)11-27-16-7-14(18(21)25)8-22-10-16/h1-10,18,25H,11,21H2,(H,24,26). The lowest BCUT2D eigenvalue weighted by molar-refractivity contribution is 0.102. The highest BCUT2D eigenvalue weighted by Crippen LogP contribution is 2.18. The number of hydrogen-bond donors (Lipinski definition) is 3.